The summed E-state index contributed by atoms with van der Waals surface area (Å²) in [6.45, 7) is 4.90. The number of piperidine rings is 1. The number of likely N-dealkylation sites (tertiary alicyclic amines) is 1. The predicted octanol–water partition coefficient (Wildman–Crippen LogP) is 1.96. The molecule has 4 nitrogen and oxygen atoms in total. The lowest BCUT2D eigenvalue weighted by molar-refractivity contribution is 0.0922. The van der Waals surface area contributed by atoms with Crippen molar-refractivity contribution in [2.45, 2.75) is 32.2 Å². The molecule has 2 heterocycles. The number of aromatic nitrogens is 2. The number of aryl methyl sites for hydroxylation is 1. The Morgan fingerprint density at radius 1 is 1.47 bits per heavy atom. The molecule has 0 aromatic carbocycles. The highest BCUT2D eigenvalue weighted by Crippen LogP contribution is 2.28. The Morgan fingerprint density at radius 3 is 3.12 bits per heavy atom. The minimum absolute atomic E-state index is 0.374. The number of ether oxygens (including phenoxy) is 1. The van der Waals surface area contributed by atoms with Crippen LogP contribution in [-0.4, -0.2) is 41.7 Å². The van der Waals surface area contributed by atoms with Crippen LogP contribution in [0.5, 0.6) is 0 Å². The number of hydrogen-bond acceptors (Lipinski definition) is 4. The van der Waals surface area contributed by atoms with Crippen LogP contribution < -0.4 is 0 Å². The molecule has 0 amide bonds. The quantitative estimate of drug-likeness (QED) is 0.799. The summed E-state index contributed by atoms with van der Waals surface area (Å²) in [6.07, 6.45) is 5.56. The van der Waals surface area contributed by atoms with Crippen molar-refractivity contribution in [2.24, 2.45) is 0 Å². The van der Waals surface area contributed by atoms with E-state index in [-0.39, 0.29) is 0 Å². The lowest BCUT2D eigenvalue weighted by atomic mass is 10.0. The van der Waals surface area contributed by atoms with Gasteiger partial charge >= 0.3 is 0 Å². The lowest BCUT2D eigenvalue weighted by Gasteiger charge is -2.34. The zero-order valence-electron chi connectivity index (χ0n) is 10.7. The van der Waals surface area contributed by atoms with Crippen LogP contribution in [0.4, 0.5) is 0 Å². The largest absolute Gasteiger partial charge is 0.383 e. The van der Waals surface area contributed by atoms with Gasteiger partial charge in [0.1, 0.15) is 5.82 Å². The van der Waals surface area contributed by atoms with E-state index in [0.29, 0.717) is 6.04 Å². The Bertz CT molecular complexity index is 356. The lowest BCUT2D eigenvalue weighted by Crippen LogP contribution is -2.36. The Kier molecular flexibility index (Phi) is 4.45. The molecule has 1 aromatic rings. The van der Waals surface area contributed by atoms with Crippen LogP contribution in [0.15, 0.2) is 12.3 Å². The maximum absolute atomic E-state index is 5.17. The second-order valence-electron chi connectivity index (χ2n) is 4.60. The highest BCUT2D eigenvalue weighted by atomic mass is 16.5. The monoisotopic (exact) mass is 235 g/mol. The van der Waals surface area contributed by atoms with Gasteiger partial charge < -0.3 is 4.74 Å². The highest BCUT2D eigenvalue weighted by molar-refractivity contribution is 5.04. The van der Waals surface area contributed by atoms with Crippen LogP contribution in [0.3, 0.4) is 0 Å². The summed E-state index contributed by atoms with van der Waals surface area (Å²) in [7, 11) is 1.75. The molecule has 0 aliphatic carbocycles. The van der Waals surface area contributed by atoms with Gasteiger partial charge in [-0.25, -0.2) is 9.97 Å². The third-order valence-corrected chi connectivity index (χ3v) is 3.31. The van der Waals surface area contributed by atoms with Crippen molar-refractivity contribution >= 4 is 0 Å². The van der Waals surface area contributed by atoms with E-state index in [1.165, 1.54) is 12.8 Å². The van der Waals surface area contributed by atoms with Gasteiger partial charge in [-0.05, 0) is 32.4 Å². The standard InChI is InChI=1S/C13H21N3O/c1-11-6-7-14-13(15-11)12-5-3-4-8-16(12)9-10-17-2/h6-7,12H,3-5,8-10H2,1-2H3/t12-/m0/s1. The van der Waals surface area contributed by atoms with E-state index < -0.39 is 0 Å². The molecule has 0 saturated carbocycles. The summed E-state index contributed by atoms with van der Waals surface area (Å²) in [4.78, 5) is 11.4. The molecule has 4 heteroatoms. The van der Waals surface area contributed by atoms with E-state index in [4.69, 9.17) is 4.74 Å². The van der Waals surface area contributed by atoms with Crippen LogP contribution in [0.1, 0.15) is 36.8 Å². The first-order valence-corrected chi connectivity index (χ1v) is 6.34. The maximum Gasteiger partial charge on any atom is 0.145 e. The summed E-state index contributed by atoms with van der Waals surface area (Å²) < 4.78 is 5.17. The fraction of sp³-hybridized carbons (Fsp3) is 0.692. The summed E-state index contributed by atoms with van der Waals surface area (Å²) >= 11 is 0. The molecule has 1 aliphatic heterocycles. The molecule has 0 unspecified atom stereocenters. The molecule has 1 fully saturated rings. The van der Waals surface area contributed by atoms with Crippen molar-refractivity contribution in [2.75, 3.05) is 26.8 Å². The van der Waals surface area contributed by atoms with Crippen molar-refractivity contribution in [1.82, 2.24) is 14.9 Å². The van der Waals surface area contributed by atoms with Gasteiger partial charge in [-0.1, -0.05) is 6.42 Å². The molecule has 1 atom stereocenters. The first-order valence-electron chi connectivity index (χ1n) is 6.34. The third-order valence-electron chi connectivity index (χ3n) is 3.31. The molecule has 1 saturated heterocycles. The Labute approximate surface area is 103 Å². The van der Waals surface area contributed by atoms with Gasteiger partial charge in [-0.2, -0.15) is 0 Å². The molecule has 1 aliphatic rings. The van der Waals surface area contributed by atoms with Crippen molar-refractivity contribution in [1.29, 1.82) is 0 Å². The van der Waals surface area contributed by atoms with Crippen LogP contribution in [0.25, 0.3) is 0 Å². The molecular formula is C13H21N3O. The van der Waals surface area contributed by atoms with E-state index in [2.05, 4.69) is 14.9 Å². The van der Waals surface area contributed by atoms with Gasteiger partial charge in [0.05, 0.1) is 12.6 Å². The average Bonchev–Trinajstić information content (AvgIpc) is 2.37. The molecule has 0 spiro atoms. The minimum Gasteiger partial charge on any atom is -0.383 e. The van der Waals surface area contributed by atoms with E-state index in [1.54, 1.807) is 7.11 Å². The molecule has 17 heavy (non-hydrogen) atoms. The zero-order chi connectivity index (χ0) is 12.1. The van der Waals surface area contributed by atoms with Gasteiger partial charge in [-0.3, -0.25) is 4.90 Å². The Balaban J connectivity index is 2.10. The van der Waals surface area contributed by atoms with Crippen LogP contribution >= 0.6 is 0 Å². The summed E-state index contributed by atoms with van der Waals surface area (Å²) in [5.41, 5.74) is 1.05. The average molecular weight is 235 g/mol. The Hall–Kier alpha value is -1.00. The fourth-order valence-electron chi connectivity index (χ4n) is 2.39. The molecule has 0 radical (unpaired) electrons. The number of rotatable bonds is 4. The van der Waals surface area contributed by atoms with Crippen molar-refractivity contribution in [3.8, 4) is 0 Å². The highest BCUT2D eigenvalue weighted by Gasteiger charge is 2.25. The smallest absolute Gasteiger partial charge is 0.145 e. The SMILES string of the molecule is COCCN1CCCC[C@H]1c1nccc(C)n1. The van der Waals surface area contributed by atoms with Gasteiger partial charge in [0, 0.05) is 25.5 Å². The first kappa shape index (κ1) is 12.5. The van der Waals surface area contributed by atoms with Crippen molar-refractivity contribution in [3.63, 3.8) is 0 Å². The molecule has 94 valence electrons. The van der Waals surface area contributed by atoms with E-state index in [1.807, 2.05) is 19.2 Å². The fourth-order valence-corrected chi connectivity index (χ4v) is 2.39. The van der Waals surface area contributed by atoms with Crippen molar-refractivity contribution < 1.29 is 4.74 Å². The Morgan fingerprint density at radius 2 is 2.35 bits per heavy atom. The number of hydrogen-bond donors (Lipinski definition) is 0. The first-order chi connectivity index (χ1) is 8.31. The van der Waals surface area contributed by atoms with Gasteiger partial charge in [0.2, 0.25) is 0 Å². The van der Waals surface area contributed by atoms with Crippen LogP contribution in [0, 0.1) is 6.92 Å². The molecule has 0 N–H and O–H groups in total. The molecule has 1 aromatic heterocycles. The molecular weight excluding hydrogens is 214 g/mol. The summed E-state index contributed by atoms with van der Waals surface area (Å²) in [6, 6.07) is 2.32. The zero-order valence-corrected chi connectivity index (χ0v) is 10.7. The second kappa shape index (κ2) is 6.07. The summed E-state index contributed by atoms with van der Waals surface area (Å²) in [5, 5.41) is 0. The van der Waals surface area contributed by atoms with E-state index in [9.17, 15) is 0 Å². The minimum atomic E-state index is 0.374. The maximum atomic E-state index is 5.17. The van der Waals surface area contributed by atoms with E-state index in [0.717, 1.165) is 37.6 Å². The van der Waals surface area contributed by atoms with Gasteiger partial charge in [0.25, 0.3) is 0 Å². The van der Waals surface area contributed by atoms with Crippen LogP contribution in [-0.2, 0) is 4.74 Å². The normalized spacial score (nSPS) is 21.6. The molecule has 0 bridgehead atoms. The third kappa shape index (κ3) is 3.23. The van der Waals surface area contributed by atoms with Crippen LogP contribution in [0.2, 0.25) is 0 Å². The second-order valence-corrected chi connectivity index (χ2v) is 4.60. The van der Waals surface area contributed by atoms with Gasteiger partial charge in [-0.15, -0.1) is 0 Å². The van der Waals surface area contributed by atoms with Crippen molar-refractivity contribution in [3.05, 3.63) is 23.8 Å². The topological polar surface area (TPSA) is 38.2 Å². The predicted molar refractivity (Wildman–Crippen MR) is 66.8 cm³/mol. The molecule has 2 rings (SSSR count). The van der Waals surface area contributed by atoms with E-state index >= 15 is 0 Å². The summed E-state index contributed by atoms with van der Waals surface area (Å²) in [5.74, 6) is 0.973. The number of nitrogens with zero attached hydrogens (tertiary/aromatic N) is 3. The van der Waals surface area contributed by atoms with Gasteiger partial charge in [0.15, 0.2) is 0 Å². The number of methoxy groups -OCH3 is 1.